The molecule has 19 heavy (non-hydrogen) atoms. The summed E-state index contributed by atoms with van der Waals surface area (Å²) in [5.74, 6) is -0.0214. The lowest BCUT2D eigenvalue weighted by molar-refractivity contribution is 0.253. The van der Waals surface area contributed by atoms with Crippen LogP contribution in [0.4, 0.5) is 4.79 Å². The Hall–Kier alpha value is -0.780. The van der Waals surface area contributed by atoms with Gasteiger partial charge in [0.25, 0.3) is 0 Å². The smallest absolute Gasteiger partial charge is 0.325 e. The fourth-order valence-corrected chi connectivity index (χ4v) is 2.98. The van der Waals surface area contributed by atoms with Crippen molar-refractivity contribution in [2.24, 2.45) is 5.73 Å². The Labute approximate surface area is 117 Å². The minimum Gasteiger partial charge on any atom is -0.351 e. The molecule has 5 nitrogen and oxygen atoms in total. The molecule has 0 aliphatic heterocycles. The van der Waals surface area contributed by atoms with Crippen LogP contribution >= 0.6 is 0 Å². The average Bonchev–Trinajstić information content (AvgIpc) is 2.30. The summed E-state index contributed by atoms with van der Waals surface area (Å²) in [7, 11) is -3.51. The van der Waals surface area contributed by atoms with Crippen molar-refractivity contribution in [2.75, 3.05) is 5.75 Å². The predicted octanol–water partition coefficient (Wildman–Crippen LogP) is 2.91. The second-order valence-electron chi connectivity index (χ2n) is 4.97. The van der Waals surface area contributed by atoms with Gasteiger partial charge in [0.1, 0.15) is 0 Å². The fourth-order valence-electron chi connectivity index (χ4n) is 1.98. The van der Waals surface area contributed by atoms with Gasteiger partial charge in [-0.15, -0.1) is 0 Å². The fraction of sp³-hybridized carbons (Fsp3) is 0.923. The second-order valence-corrected chi connectivity index (χ2v) is 6.81. The van der Waals surface area contributed by atoms with Gasteiger partial charge in [0, 0.05) is 0 Å². The summed E-state index contributed by atoms with van der Waals surface area (Å²) in [5, 5.41) is 0. The molecule has 0 rings (SSSR count). The van der Waals surface area contributed by atoms with E-state index in [4.69, 9.17) is 5.73 Å². The highest BCUT2D eigenvalue weighted by Crippen LogP contribution is 2.10. The maximum Gasteiger partial charge on any atom is 0.325 e. The molecule has 0 aromatic heterocycles. The van der Waals surface area contributed by atoms with Gasteiger partial charge in [-0.3, -0.25) is 0 Å². The molecule has 0 aliphatic carbocycles. The zero-order valence-electron chi connectivity index (χ0n) is 12.0. The van der Waals surface area contributed by atoms with Crippen LogP contribution in [0.1, 0.15) is 71.1 Å². The molecule has 0 heterocycles. The van der Waals surface area contributed by atoms with Crippen LogP contribution in [0.25, 0.3) is 0 Å². The molecular weight excluding hydrogens is 264 g/mol. The Kier molecular flexibility index (Phi) is 10.6. The van der Waals surface area contributed by atoms with Crippen molar-refractivity contribution in [1.29, 1.82) is 0 Å². The first-order valence-corrected chi connectivity index (χ1v) is 8.93. The van der Waals surface area contributed by atoms with Gasteiger partial charge in [-0.05, 0) is 6.42 Å². The number of hydrogen-bond donors (Lipinski definition) is 2. The molecule has 0 spiro atoms. The lowest BCUT2D eigenvalue weighted by Crippen LogP contribution is -2.36. The van der Waals surface area contributed by atoms with Crippen LogP contribution in [0.2, 0.25) is 0 Å². The van der Waals surface area contributed by atoms with Gasteiger partial charge in [0.2, 0.25) is 10.0 Å². The van der Waals surface area contributed by atoms with E-state index in [1.54, 1.807) is 4.72 Å². The molecule has 0 bridgehead atoms. The lowest BCUT2D eigenvalue weighted by atomic mass is 10.1. The number of unbranched alkanes of at least 4 members (excludes halogenated alkanes) is 9. The van der Waals surface area contributed by atoms with Crippen LogP contribution in [-0.2, 0) is 10.0 Å². The molecule has 3 N–H and O–H groups in total. The van der Waals surface area contributed by atoms with Gasteiger partial charge in [-0.25, -0.2) is 17.9 Å². The summed E-state index contributed by atoms with van der Waals surface area (Å²) in [6, 6.07) is -1.01. The van der Waals surface area contributed by atoms with Gasteiger partial charge < -0.3 is 5.73 Å². The Bertz CT molecular complexity index is 329. The van der Waals surface area contributed by atoms with Crippen molar-refractivity contribution < 1.29 is 13.2 Å². The first-order valence-electron chi connectivity index (χ1n) is 7.28. The molecule has 0 aromatic rings. The maximum absolute atomic E-state index is 11.3. The first-order chi connectivity index (χ1) is 8.98. The minimum absolute atomic E-state index is 0.0214. The highest BCUT2D eigenvalue weighted by Gasteiger charge is 2.11. The predicted molar refractivity (Wildman–Crippen MR) is 78.3 cm³/mol. The highest BCUT2D eigenvalue weighted by atomic mass is 32.2. The first kappa shape index (κ1) is 18.2. The van der Waals surface area contributed by atoms with Crippen LogP contribution < -0.4 is 10.5 Å². The largest absolute Gasteiger partial charge is 0.351 e. The Morgan fingerprint density at radius 3 is 1.74 bits per heavy atom. The molecule has 0 aromatic carbocycles. The third-order valence-electron chi connectivity index (χ3n) is 3.02. The molecule has 0 radical (unpaired) electrons. The molecule has 0 unspecified atom stereocenters. The van der Waals surface area contributed by atoms with Gasteiger partial charge in [-0.2, -0.15) is 0 Å². The normalized spacial score (nSPS) is 11.4. The van der Waals surface area contributed by atoms with Crippen molar-refractivity contribution in [2.45, 2.75) is 71.1 Å². The average molecular weight is 292 g/mol. The van der Waals surface area contributed by atoms with E-state index in [2.05, 4.69) is 6.92 Å². The van der Waals surface area contributed by atoms with E-state index in [0.29, 0.717) is 6.42 Å². The molecule has 2 amide bonds. The summed E-state index contributed by atoms with van der Waals surface area (Å²) < 4.78 is 24.3. The SMILES string of the molecule is CCCCCCCCCCCCS(=O)(=O)NC(N)=O. The van der Waals surface area contributed by atoms with Gasteiger partial charge in [-0.1, -0.05) is 64.7 Å². The number of nitrogens with two attached hydrogens (primary N) is 1. The molecule has 114 valence electrons. The number of rotatable bonds is 12. The summed E-state index contributed by atoms with van der Waals surface area (Å²) >= 11 is 0. The van der Waals surface area contributed by atoms with Gasteiger partial charge >= 0.3 is 6.03 Å². The second kappa shape index (κ2) is 11.1. The zero-order chi connectivity index (χ0) is 14.6. The standard InChI is InChI=1S/C13H28N2O3S/c1-2-3-4-5-6-7-8-9-10-11-12-19(17,18)15-13(14)16/h2-12H2,1H3,(H3,14,15,16). The number of urea groups is 1. The van der Waals surface area contributed by atoms with Crippen LogP contribution in [-0.4, -0.2) is 20.2 Å². The topological polar surface area (TPSA) is 89.3 Å². The minimum atomic E-state index is -3.51. The van der Waals surface area contributed by atoms with Crippen LogP contribution in [0, 0.1) is 0 Å². The lowest BCUT2D eigenvalue weighted by Gasteiger charge is -2.04. The van der Waals surface area contributed by atoms with E-state index in [9.17, 15) is 13.2 Å². The quantitative estimate of drug-likeness (QED) is 0.542. The monoisotopic (exact) mass is 292 g/mol. The number of nitrogens with one attached hydrogen (secondary N) is 1. The van der Waals surface area contributed by atoms with Crippen LogP contribution in [0.3, 0.4) is 0 Å². The van der Waals surface area contributed by atoms with E-state index in [0.717, 1.165) is 19.3 Å². The van der Waals surface area contributed by atoms with E-state index in [1.807, 2.05) is 0 Å². The number of carbonyl (C=O) groups excluding carboxylic acids is 1. The van der Waals surface area contributed by atoms with Crippen LogP contribution in [0.15, 0.2) is 0 Å². The third-order valence-corrected chi connectivity index (χ3v) is 4.36. The molecule has 0 saturated heterocycles. The third kappa shape index (κ3) is 13.5. The summed E-state index contributed by atoms with van der Waals surface area (Å²) in [4.78, 5) is 10.4. The molecule has 0 atom stereocenters. The molecular formula is C13H28N2O3S. The number of hydrogen-bond acceptors (Lipinski definition) is 3. The summed E-state index contributed by atoms with van der Waals surface area (Å²) in [6.45, 7) is 2.21. The maximum atomic E-state index is 11.3. The van der Waals surface area contributed by atoms with Crippen molar-refractivity contribution in [1.82, 2.24) is 4.72 Å². The van der Waals surface area contributed by atoms with E-state index in [1.165, 1.54) is 38.5 Å². The summed E-state index contributed by atoms with van der Waals surface area (Å²) in [6.07, 6.45) is 11.4. The molecule has 0 aliphatic rings. The van der Waals surface area contributed by atoms with E-state index >= 15 is 0 Å². The number of carbonyl (C=O) groups is 1. The van der Waals surface area contributed by atoms with Gasteiger partial charge in [0.05, 0.1) is 5.75 Å². The highest BCUT2D eigenvalue weighted by molar-refractivity contribution is 7.90. The van der Waals surface area contributed by atoms with Crippen molar-refractivity contribution in [3.8, 4) is 0 Å². The Morgan fingerprint density at radius 2 is 1.32 bits per heavy atom. The molecule has 0 saturated carbocycles. The molecule has 0 fully saturated rings. The van der Waals surface area contributed by atoms with E-state index < -0.39 is 16.1 Å². The number of amides is 2. The van der Waals surface area contributed by atoms with Crippen molar-refractivity contribution in [3.05, 3.63) is 0 Å². The molecule has 6 heteroatoms. The Morgan fingerprint density at radius 1 is 0.895 bits per heavy atom. The zero-order valence-corrected chi connectivity index (χ0v) is 12.8. The van der Waals surface area contributed by atoms with Gasteiger partial charge in [0.15, 0.2) is 0 Å². The van der Waals surface area contributed by atoms with Crippen LogP contribution in [0.5, 0.6) is 0 Å². The number of primary amides is 1. The summed E-state index contributed by atoms with van der Waals surface area (Å²) in [5.41, 5.74) is 4.77. The number of sulfonamides is 1. The Balaban J connectivity index is 3.34. The van der Waals surface area contributed by atoms with Crippen molar-refractivity contribution >= 4 is 16.1 Å². The van der Waals surface area contributed by atoms with E-state index in [-0.39, 0.29) is 5.75 Å². The van der Waals surface area contributed by atoms with Crippen molar-refractivity contribution in [3.63, 3.8) is 0 Å².